The Kier molecular flexibility index (Phi) is 3.32. The molecular formula is C11H12BrN. The molecule has 0 saturated heterocycles. The number of hydrogen-bond acceptors (Lipinski definition) is 0. The van der Waals surface area contributed by atoms with Crippen LogP contribution in [0.1, 0.15) is 5.69 Å². The lowest BCUT2D eigenvalue weighted by Crippen LogP contribution is -1.76. The molecule has 0 fully saturated rings. The molecule has 0 unspecified atom stereocenters. The van der Waals surface area contributed by atoms with E-state index >= 15 is 0 Å². The van der Waals surface area contributed by atoms with Crippen LogP contribution in [0.4, 0.5) is 0 Å². The molecule has 2 rings (SSSR count). The van der Waals surface area contributed by atoms with Crippen molar-refractivity contribution < 1.29 is 0 Å². The van der Waals surface area contributed by atoms with E-state index in [2.05, 4.69) is 29.8 Å². The van der Waals surface area contributed by atoms with Crippen molar-refractivity contribution in [2.45, 2.75) is 6.42 Å². The average Bonchev–Trinajstić information content (AvgIpc) is 2.47. The molecule has 0 aliphatic carbocycles. The van der Waals surface area contributed by atoms with Crippen molar-refractivity contribution in [3.05, 3.63) is 48.7 Å². The number of para-hydroxylation sites is 1. The van der Waals surface area contributed by atoms with Gasteiger partial charge in [0.15, 0.2) is 0 Å². The van der Waals surface area contributed by atoms with E-state index in [1.165, 1.54) is 16.6 Å². The summed E-state index contributed by atoms with van der Waals surface area (Å²) in [6.07, 6.45) is 2.82. The summed E-state index contributed by atoms with van der Waals surface area (Å²) >= 11 is 0. The first-order valence-electron chi connectivity index (χ1n) is 4.07. The van der Waals surface area contributed by atoms with Crippen LogP contribution in [-0.2, 0) is 6.42 Å². The van der Waals surface area contributed by atoms with E-state index in [9.17, 15) is 0 Å². The molecule has 1 aromatic carbocycles. The monoisotopic (exact) mass is 237 g/mol. The summed E-state index contributed by atoms with van der Waals surface area (Å²) < 4.78 is 0. The van der Waals surface area contributed by atoms with Crippen molar-refractivity contribution in [1.29, 1.82) is 0 Å². The lowest BCUT2D eigenvalue weighted by Gasteiger charge is -1.86. The van der Waals surface area contributed by atoms with Gasteiger partial charge in [-0.1, -0.05) is 24.3 Å². The number of hydrogen-bond donors (Lipinski definition) is 1. The lowest BCUT2D eigenvalue weighted by atomic mass is 10.2. The molecule has 0 saturated carbocycles. The number of allylic oxidation sites excluding steroid dienone is 1. The molecule has 13 heavy (non-hydrogen) atoms. The van der Waals surface area contributed by atoms with Crippen molar-refractivity contribution in [2.24, 2.45) is 0 Å². The van der Waals surface area contributed by atoms with E-state index in [-0.39, 0.29) is 17.0 Å². The Bertz CT molecular complexity index is 370. The molecule has 0 spiro atoms. The zero-order valence-electron chi connectivity index (χ0n) is 7.29. The van der Waals surface area contributed by atoms with Gasteiger partial charge in [-0.25, -0.2) is 0 Å². The second-order valence-corrected chi connectivity index (χ2v) is 2.87. The largest absolute Gasteiger partial charge is 0.358 e. The second-order valence-electron chi connectivity index (χ2n) is 2.87. The highest BCUT2D eigenvalue weighted by molar-refractivity contribution is 8.93. The molecule has 68 valence electrons. The molecule has 0 bridgehead atoms. The third-order valence-electron chi connectivity index (χ3n) is 1.95. The van der Waals surface area contributed by atoms with Gasteiger partial charge in [-0.2, -0.15) is 0 Å². The maximum atomic E-state index is 3.71. The molecule has 1 nitrogen and oxygen atoms in total. The normalized spacial score (nSPS) is 9.54. The minimum Gasteiger partial charge on any atom is -0.358 e. The van der Waals surface area contributed by atoms with Crippen LogP contribution in [0.3, 0.4) is 0 Å². The minimum absolute atomic E-state index is 0. The van der Waals surface area contributed by atoms with Crippen LogP contribution in [0, 0.1) is 0 Å². The van der Waals surface area contributed by atoms with Crippen molar-refractivity contribution in [3.8, 4) is 0 Å². The Labute approximate surface area is 88.2 Å². The predicted octanol–water partition coefficient (Wildman–Crippen LogP) is 3.47. The van der Waals surface area contributed by atoms with Gasteiger partial charge in [-0.3, -0.25) is 0 Å². The summed E-state index contributed by atoms with van der Waals surface area (Å²) in [6.45, 7) is 3.71. The Hall–Kier alpha value is -1.02. The topological polar surface area (TPSA) is 15.8 Å². The summed E-state index contributed by atoms with van der Waals surface area (Å²) in [4.78, 5) is 3.33. The Balaban J connectivity index is 0.000000845. The molecule has 0 radical (unpaired) electrons. The molecule has 1 heterocycles. The maximum absolute atomic E-state index is 3.71. The number of nitrogens with one attached hydrogen (secondary N) is 1. The van der Waals surface area contributed by atoms with E-state index < -0.39 is 0 Å². The fourth-order valence-corrected chi connectivity index (χ4v) is 1.40. The first kappa shape index (κ1) is 10.1. The van der Waals surface area contributed by atoms with E-state index in [4.69, 9.17) is 0 Å². The zero-order chi connectivity index (χ0) is 8.39. The summed E-state index contributed by atoms with van der Waals surface area (Å²) in [5.41, 5.74) is 2.43. The van der Waals surface area contributed by atoms with Crippen LogP contribution in [0.5, 0.6) is 0 Å². The van der Waals surface area contributed by atoms with Gasteiger partial charge in [0, 0.05) is 17.6 Å². The van der Waals surface area contributed by atoms with Gasteiger partial charge >= 0.3 is 0 Å². The number of benzene rings is 1. The molecule has 1 aromatic heterocycles. The van der Waals surface area contributed by atoms with Crippen LogP contribution in [-0.4, -0.2) is 4.98 Å². The van der Waals surface area contributed by atoms with Gasteiger partial charge in [0.1, 0.15) is 0 Å². The molecule has 2 aromatic rings. The summed E-state index contributed by atoms with van der Waals surface area (Å²) in [5.74, 6) is 0. The van der Waals surface area contributed by atoms with Gasteiger partial charge in [0.2, 0.25) is 0 Å². The number of H-pyrrole nitrogens is 1. The van der Waals surface area contributed by atoms with Crippen LogP contribution in [0.25, 0.3) is 10.9 Å². The highest BCUT2D eigenvalue weighted by Gasteiger charge is 1.96. The molecule has 0 aliphatic heterocycles. The highest BCUT2D eigenvalue weighted by Crippen LogP contribution is 2.14. The predicted molar refractivity (Wildman–Crippen MR) is 62.5 cm³/mol. The Morgan fingerprint density at radius 1 is 1.31 bits per heavy atom. The molecule has 1 N–H and O–H groups in total. The smallest absolute Gasteiger partial charge is 0.0456 e. The van der Waals surface area contributed by atoms with Gasteiger partial charge < -0.3 is 4.98 Å². The van der Waals surface area contributed by atoms with E-state index in [1.807, 2.05) is 18.2 Å². The fourth-order valence-electron chi connectivity index (χ4n) is 1.40. The first-order chi connectivity index (χ1) is 5.90. The Morgan fingerprint density at radius 2 is 2.08 bits per heavy atom. The van der Waals surface area contributed by atoms with Gasteiger partial charge in [0.25, 0.3) is 0 Å². The molecule has 2 heteroatoms. The Morgan fingerprint density at radius 3 is 2.77 bits per heavy atom. The van der Waals surface area contributed by atoms with Crippen molar-refractivity contribution >= 4 is 27.9 Å². The third-order valence-corrected chi connectivity index (χ3v) is 1.95. The van der Waals surface area contributed by atoms with Crippen LogP contribution < -0.4 is 0 Å². The van der Waals surface area contributed by atoms with Crippen molar-refractivity contribution in [1.82, 2.24) is 4.98 Å². The number of halogens is 1. The summed E-state index contributed by atoms with van der Waals surface area (Å²) in [5, 5.41) is 1.27. The summed E-state index contributed by atoms with van der Waals surface area (Å²) in [7, 11) is 0. The SMILES string of the molecule is Br.C=CCc1cc2ccccc2[nH]1. The number of aromatic nitrogens is 1. The number of rotatable bonds is 2. The van der Waals surface area contributed by atoms with Crippen LogP contribution >= 0.6 is 17.0 Å². The van der Waals surface area contributed by atoms with E-state index in [0.717, 1.165) is 6.42 Å². The third kappa shape index (κ3) is 2.01. The van der Waals surface area contributed by atoms with Gasteiger partial charge in [0.05, 0.1) is 0 Å². The minimum atomic E-state index is 0. The first-order valence-corrected chi connectivity index (χ1v) is 4.07. The van der Waals surface area contributed by atoms with Crippen LogP contribution in [0.15, 0.2) is 43.0 Å². The molecule has 0 aliphatic rings. The molecule has 0 atom stereocenters. The number of aromatic amines is 1. The second kappa shape index (κ2) is 4.28. The van der Waals surface area contributed by atoms with E-state index in [1.54, 1.807) is 0 Å². The van der Waals surface area contributed by atoms with Crippen molar-refractivity contribution in [2.75, 3.05) is 0 Å². The zero-order valence-corrected chi connectivity index (χ0v) is 9.00. The van der Waals surface area contributed by atoms with Gasteiger partial charge in [-0.15, -0.1) is 23.6 Å². The van der Waals surface area contributed by atoms with Crippen LogP contribution in [0.2, 0.25) is 0 Å². The summed E-state index contributed by atoms with van der Waals surface area (Å²) in [6, 6.07) is 10.4. The van der Waals surface area contributed by atoms with Crippen molar-refractivity contribution in [3.63, 3.8) is 0 Å². The molecule has 0 amide bonds. The molecular weight excluding hydrogens is 226 g/mol. The average molecular weight is 238 g/mol. The van der Waals surface area contributed by atoms with E-state index in [0.29, 0.717) is 0 Å². The standard InChI is InChI=1S/C11H11N.BrH/c1-2-5-10-8-9-6-3-4-7-11(9)12-10;/h2-4,6-8,12H,1,5H2;1H. The quantitative estimate of drug-likeness (QED) is 0.771. The highest BCUT2D eigenvalue weighted by atomic mass is 79.9. The fraction of sp³-hybridized carbons (Fsp3) is 0.0909. The number of fused-ring (bicyclic) bond motifs is 1. The maximum Gasteiger partial charge on any atom is 0.0456 e. The van der Waals surface area contributed by atoms with Gasteiger partial charge in [-0.05, 0) is 17.5 Å². The lowest BCUT2D eigenvalue weighted by molar-refractivity contribution is 1.17.